The van der Waals surface area contributed by atoms with Crippen LogP contribution in [0.1, 0.15) is 30.6 Å². The van der Waals surface area contributed by atoms with Crippen molar-refractivity contribution in [2.75, 3.05) is 13.3 Å². The maximum absolute atomic E-state index is 11.8. The monoisotopic (exact) mass is 295 g/mol. The molecule has 1 aliphatic rings. The number of nitrogens with one attached hydrogen (secondary N) is 1. The van der Waals surface area contributed by atoms with Crippen molar-refractivity contribution in [3.05, 3.63) is 17.7 Å². The molecule has 1 aliphatic heterocycles. The van der Waals surface area contributed by atoms with Crippen molar-refractivity contribution < 1.29 is 28.9 Å². The minimum Gasteiger partial charge on any atom is -0.480 e. The van der Waals surface area contributed by atoms with Gasteiger partial charge in [-0.1, -0.05) is 6.92 Å². The smallest absolute Gasteiger partial charge is 0.339 e. The van der Waals surface area contributed by atoms with Crippen molar-refractivity contribution in [3.63, 3.8) is 0 Å². The molecule has 1 aromatic carbocycles. The van der Waals surface area contributed by atoms with Gasteiger partial charge in [-0.2, -0.15) is 0 Å². The van der Waals surface area contributed by atoms with Crippen LogP contribution in [-0.2, 0) is 4.79 Å². The lowest BCUT2D eigenvalue weighted by atomic mass is 10.1. The quantitative estimate of drug-likeness (QED) is 0.824. The highest BCUT2D eigenvalue weighted by Gasteiger charge is 2.24. The molecule has 0 aliphatic carbocycles. The van der Waals surface area contributed by atoms with Gasteiger partial charge in [0.2, 0.25) is 6.79 Å². The molecule has 0 radical (unpaired) electrons. The first-order valence-electron chi connectivity index (χ1n) is 6.64. The van der Waals surface area contributed by atoms with E-state index in [0.29, 0.717) is 18.0 Å². The summed E-state index contributed by atoms with van der Waals surface area (Å²) < 4.78 is 15.8. The van der Waals surface area contributed by atoms with E-state index in [9.17, 15) is 14.7 Å². The molecule has 1 aromatic rings. The second-order valence-corrected chi connectivity index (χ2v) is 4.56. The van der Waals surface area contributed by atoms with E-state index in [-0.39, 0.29) is 24.0 Å². The Morgan fingerprint density at radius 1 is 1.38 bits per heavy atom. The Kier molecular flexibility index (Phi) is 4.52. The first-order chi connectivity index (χ1) is 10.0. The summed E-state index contributed by atoms with van der Waals surface area (Å²) in [5, 5.41) is 11.9. The first-order valence-corrected chi connectivity index (χ1v) is 6.64. The molecular weight excluding hydrogens is 278 g/mol. The normalized spacial score (nSPS) is 13.6. The highest BCUT2D eigenvalue weighted by atomic mass is 16.7. The van der Waals surface area contributed by atoms with E-state index in [1.165, 1.54) is 12.1 Å². The van der Waals surface area contributed by atoms with Crippen LogP contribution in [0.25, 0.3) is 0 Å². The summed E-state index contributed by atoms with van der Waals surface area (Å²) in [4.78, 5) is 23.0. The van der Waals surface area contributed by atoms with Crippen LogP contribution in [-0.4, -0.2) is 36.4 Å². The maximum Gasteiger partial charge on any atom is 0.339 e. The van der Waals surface area contributed by atoms with Crippen molar-refractivity contribution in [3.8, 4) is 17.2 Å². The molecule has 114 valence electrons. The molecule has 1 heterocycles. The summed E-state index contributed by atoms with van der Waals surface area (Å²) in [6.45, 7) is 4.07. The molecule has 0 bridgehead atoms. The van der Waals surface area contributed by atoms with Crippen LogP contribution >= 0.6 is 0 Å². The summed E-state index contributed by atoms with van der Waals surface area (Å²) in [5.74, 6) is -0.639. The zero-order valence-corrected chi connectivity index (χ0v) is 11.8. The van der Waals surface area contributed by atoms with Crippen LogP contribution < -0.4 is 19.5 Å². The fourth-order valence-electron chi connectivity index (χ4n) is 1.82. The summed E-state index contributed by atoms with van der Waals surface area (Å²) in [6, 6.07) is 2.76. The molecule has 0 spiro atoms. The summed E-state index contributed by atoms with van der Waals surface area (Å²) in [6.07, 6.45) is -0.00177. The largest absolute Gasteiger partial charge is 0.480 e. The Bertz CT molecular complexity index is 557. The van der Waals surface area contributed by atoms with Gasteiger partial charge in [-0.15, -0.1) is 0 Å². The number of hydrogen-bond acceptors (Lipinski definition) is 5. The molecule has 0 saturated heterocycles. The highest BCUT2D eigenvalue weighted by Crippen LogP contribution is 2.38. The molecular formula is C14H17NO6. The van der Waals surface area contributed by atoms with Crippen LogP contribution in [0.3, 0.4) is 0 Å². The van der Waals surface area contributed by atoms with Gasteiger partial charge < -0.3 is 24.6 Å². The molecule has 7 heteroatoms. The average molecular weight is 295 g/mol. The van der Waals surface area contributed by atoms with Gasteiger partial charge in [0.05, 0.1) is 0 Å². The van der Waals surface area contributed by atoms with Crippen molar-refractivity contribution in [2.45, 2.75) is 26.4 Å². The number of ether oxygens (including phenoxy) is 3. The van der Waals surface area contributed by atoms with Crippen LogP contribution in [0, 0.1) is 0 Å². The number of rotatable bonds is 6. The lowest BCUT2D eigenvalue weighted by Gasteiger charge is -2.16. The SMILES string of the molecule is CCCNC(=O)C(C)Oc1cc2c(cc1C(=O)O)OCO2. The third-order valence-electron chi connectivity index (χ3n) is 2.93. The Morgan fingerprint density at radius 2 is 2.05 bits per heavy atom. The van der Waals surface area contributed by atoms with E-state index in [2.05, 4.69) is 5.32 Å². The Labute approximate surface area is 121 Å². The number of amides is 1. The van der Waals surface area contributed by atoms with Gasteiger partial charge in [-0.05, 0) is 13.3 Å². The summed E-state index contributed by atoms with van der Waals surface area (Å²) in [7, 11) is 0. The number of hydrogen-bond donors (Lipinski definition) is 2. The van der Waals surface area contributed by atoms with Crippen LogP contribution in [0.4, 0.5) is 0 Å². The molecule has 1 unspecified atom stereocenters. The van der Waals surface area contributed by atoms with Gasteiger partial charge in [-0.3, -0.25) is 4.79 Å². The zero-order chi connectivity index (χ0) is 15.4. The third kappa shape index (κ3) is 3.36. The molecule has 0 aromatic heterocycles. The number of carboxylic acids is 1. The zero-order valence-electron chi connectivity index (χ0n) is 11.8. The van der Waals surface area contributed by atoms with Gasteiger partial charge in [0.15, 0.2) is 17.6 Å². The maximum atomic E-state index is 11.8. The van der Waals surface area contributed by atoms with E-state index in [4.69, 9.17) is 14.2 Å². The van der Waals surface area contributed by atoms with Crippen molar-refractivity contribution in [2.24, 2.45) is 0 Å². The van der Waals surface area contributed by atoms with Gasteiger partial charge in [0.1, 0.15) is 11.3 Å². The third-order valence-corrected chi connectivity index (χ3v) is 2.93. The Hall–Kier alpha value is -2.44. The van der Waals surface area contributed by atoms with Crippen LogP contribution in [0.2, 0.25) is 0 Å². The number of carboxylic acid groups (broad SMARTS) is 1. The van der Waals surface area contributed by atoms with E-state index in [1.807, 2.05) is 6.92 Å². The molecule has 7 nitrogen and oxygen atoms in total. The number of fused-ring (bicyclic) bond motifs is 1. The van der Waals surface area contributed by atoms with Gasteiger partial charge in [0, 0.05) is 18.7 Å². The molecule has 21 heavy (non-hydrogen) atoms. The Balaban J connectivity index is 2.18. The number of carbonyl (C=O) groups is 2. The standard InChI is InChI=1S/C14H17NO6/c1-3-4-15-13(16)8(2)21-10-6-12-11(19-7-20-12)5-9(10)14(17)18/h5-6,8H,3-4,7H2,1-2H3,(H,15,16)(H,17,18). The fraction of sp³-hybridized carbons (Fsp3) is 0.429. The predicted octanol–water partition coefficient (Wildman–Crippen LogP) is 1.41. The molecule has 0 fully saturated rings. The van der Waals surface area contributed by atoms with E-state index in [1.54, 1.807) is 6.92 Å². The van der Waals surface area contributed by atoms with E-state index < -0.39 is 12.1 Å². The number of benzene rings is 1. The highest BCUT2D eigenvalue weighted by molar-refractivity contribution is 5.92. The van der Waals surface area contributed by atoms with Gasteiger partial charge >= 0.3 is 5.97 Å². The molecule has 1 amide bonds. The molecule has 2 rings (SSSR count). The van der Waals surface area contributed by atoms with Crippen molar-refractivity contribution in [1.82, 2.24) is 5.32 Å². The number of aromatic carboxylic acids is 1. The van der Waals surface area contributed by atoms with Crippen molar-refractivity contribution in [1.29, 1.82) is 0 Å². The minimum atomic E-state index is -1.16. The second kappa shape index (κ2) is 6.34. The first kappa shape index (κ1) is 15.0. The van der Waals surface area contributed by atoms with Gasteiger partial charge in [0.25, 0.3) is 5.91 Å². The number of carbonyl (C=O) groups excluding carboxylic acids is 1. The molecule has 0 saturated carbocycles. The topological polar surface area (TPSA) is 94.1 Å². The lowest BCUT2D eigenvalue weighted by molar-refractivity contribution is -0.127. The minimum absolute atomic E-state index is 0.0321. The molecule has 2 N–H and O–H groups in total. The van der Waals surface area contributed by atoms with Crippen LogP contribution in [0.15, 0.2) is 12.1 Å². The summed E-state index contributed by atoms with van der Waals surface area (Å²) >= 11 is 0. The predicted molar refractivity (Wildman–Crippen MR) is 72.9 cm³/mol. The van der Waals surface area contributed by atoms with Crippen LogP contribution in [0.5, 0.6) is 17.2 Å². The summed E-state index contributed by atoms with van der Waals surface area (Å²) in [5.41, 5.74) is -0.0746. The van der Waals surface area contributed by atoms with E-state index in [0.717, 1.165) is 6.42 Å². The Morgan fingerprint density at radius 3 is 2.67 bits per heavy atom. The van der Waals surface area contributed by atoms with E-state index >= 15 is 0 Å². The molecule has 1 atom stereocenters. The fourth-order valence-corrected chi connectivity index (χ4v) is 1.82. The van der Waals surface area contributed by atoms with Crippen molar-refractivity contribution >= 4 is 11.9 Å². The average Bonchev–Trinajstić information content (AvgIpc) is 2.90. The second-order valence-electron chi connectivity index (χ2n) is 4.56. The lowest BCUT2D eigenvalue weighted by Crippen LogP contribution is -2.36. The van der Waals surface area contributed by atoms with Gasteiger partial charge in [-0.25, -0.2) is 4.79 Å².